The second kappa shape index (κ2) is 6.43. The highest BCUT2D eigenvalue weighted by Gasteiger charge is 2.14. The standard InChI is InChI=1S/C18H19NO3/c1-11-8-16(17(22-4)9-12(11)2)18(21)19-15-7-5-6-14(10-15)13(3)20/h5-10H,1-4H3,(H,19,21). The maximum atomic E-state index is 12.5. The van der Waals surface area contributed by atoms with E-state index in [1.165, 1.54) is 14.0 Å². The Labute approximate surface area is 130 Å². The number of ketones is 1. The number of carbonyl (C=O) groups excluding carboxylic acids is 2. The predicted molar refractivity (Wildman–Crippen MR) is 86.9 cm³/mol. The number of methoxy groups -OCH3 is 1. The lowest BCUT2D eigenvalue weighted by Crippen LogP contribution is -2.14. The summed E-state index contributed by atoms with van der Waals surface area (Å²) in [5.41, 5.74) is 3.69. The maximum Gasteiger partial charge on any atom is 0.259 e. The fraction of sp³-hybridized carbons (Fsp3) is 0.222. The summed E-state index contributed by atoms with van der Waals surface area (Å²) in [7, 11) is 1.54. The van der Waals surface area contributed by atoms with Gasteiger partial charge in [-0.2, -0.15) is 0 Å². The lowest BCUT2D eigenvalue weighted by atomic mass is 10.0. The molecule has 2 aromatic carbocycles. The molecule has 4 nitrogen and oxygen atoms in total. The highest BCUT2D eigenvalue weighted by molar-refractivity contribution is 6.07. The number of rotatable bonds is 4. The summed E-state index contributed by atoms with van der Waals surface area (Å²) in [6.07, 6.45) is 0. The number of Topliss-reactive ketones (excluding diaryl/α,β-unsaturated/α-hetero) is 1. The van der Waals surface area contributed by atoms with Crippen LogP contribution in [-0.4, -0.2) is 18.8 Å². The molecule has 0 saturated carbocycles. The van der Waals surface area contributed by atoms with Crippen molar-refractivity contribution in [2.45, 2.75) is 20.8 Å². The molecule has 2 rings (SSSR count). The van der Waals surface area contributed by atoms with Gasteiger partial charge in [0.15, 0.2) is 5.78 Å². The minimum atomic E-state index is -0.263. The van der Waals surface area contributed by atoms with Crippen molar-refractivity contribution < 1.29 is 14.3 Å². The third-order valence-corrected chi connectivity index (χ3v) is 3.59. The minimum absolute atomic E-state index is 0.0418. The van der Waals surface area contributed by atoms with E-state index in [0.29, 0.717) is 22.6 Å². The quantitative estimate of drug-likeness (QED) is 0.874. The van der Waals surface area contributed by atoms with Gasteiger partial charge in [0, 0.05) is 11.3 Å². The van der Waals surface area contributed by atoms with E-state index in [-0.39, 0.29) is 11.7 Å². The van der Waals surface area contributed by atoms with Crippen molar-refractivity contribution in [1.82, 2.24) is 0 Å². The number of hydrogen-bond acceptors (Lipinski definition) is 3. The number of ether oxygens (including phenoxy) is 1. The largest absolute Gasteiger partial charge is 0.496 e. The molecule has 0 heterocycles. The molecule has 2 aromatic rings. The van der Waals surface area contributed by atoms with Crippen molar-refractivity contribution in [1.29, 1.82) is 0 Å². The number of nitrogens with one attached hydrogen (secondary N) is 1. The zero-order valence-electron chi connectivity index (χ0n) is 13.2. The smallest absolute Gasteiger partial charge is 0.259 e. The van der Waals surface area contributed by atoms with Crippen LogP contribution in [0.5, 0.6) is 5.75 Å². The number of benzene rings is 2. The van der Waals surface area contributed by atoms with Gasteiger partial charge >= 0.3 is 0 Å². The number of aryl methyl sites for hydroxylation is 2. The van der Waals surface area contributed by atoms with Crippen LogP contribution in [0, 0.1) is 13.8 Å². The van der Waals surface area contributed by atoms with E-state index in [0.717, 1.165) is 11.1 Å². The lowest BCUT2D eigenvalue weighted by molar-refractivity contribution is 0.101. The summed E-state index contributed by atoms with van der Waals surface area (Å²) in [5.74, 6) is 0.226. The Bertz CT molecular complexity index is 735. The van der Waals surface area contributed by atoms with Crippen LogP contribution in [0.1, 0.15) is 38.8 Å². The molecule has 0 aliphatic heterocycles. The van der Waals surface area contributed by atoms with Crippen molar-refractivity contribution in [3.05, 3.63) is 58.7 Å². The van der Waals surface area contributed by atoms with E-state index in [4.69, 9.17) is 4.74 Å². The van der Waals surface area contributed by atoms with E-state index < -0.39 is 0 Å². The highest BCUT2D eigenvalue weighted by Crippen LogP contribution is 2.24. The lowest BCUT2D eigenvalue weighted by Gasteiger charge is -2.12. The number of hydrogen-bond donors (Lipinski definition) is 1. The molecule has 0 spiro atoms. The van der Waals surface area contributed by atoms with E-state index in [2.05, 4.69) is 5.32 Å². The van der Waals surface area contributed by atoms with Crippen molar-refractivity contribution in [3.63, 3.8) is 0 Å². The third-order valence-electron chi connectivity index (χ3n) is 3.59. The minimum Gasteiger partial charge on any atom is -0.496 e. The summed E-state index contributed by atoms with van der Waals surface area (Å²) in [5, 5.41) is 2.80. The van der Waals surface area contributed by atoms with E-state index in [9.17, 15) is 9.59 Å². The summed E-state index contributed by atoms with van der Waals surface area (Å²) in [6, 6.07) is 10.5. The van der Waals surface area contributed by atoms with E-state index in [1.807, 2.05) is 19.9 Å². The van der Waals surface area contributed by atoms with Crippen LogP contribution in [0.4, 0.5) is 5.69 Å². The summed E-state index contributed by atoms with van der Waals surface area (Å²) in [6.45, 7) is 5.41. The Balaban J connectivity index is 2.31. The Morgan fingerprint density at radius 1 is 1.05 bits per heavy atom. The molecule has 0 radical (unpaired) electrons. The first kappa shape index (κ1) is 15.8. The molecule has 1 N–H and O–H groups in total. The van der Waals surface area contributed by atoms with Gasteiger partial charge in [-0.15, -0.1) is 0 Å². The van der Waals surface area contributed by atoms with Gasteiger partial charge in [-0.1, -0.05) is 12.1 Å². The topological polar surface area (TPSA) is 55.4 Å². The molecule has 0 unspecified atom stereocenters. The molecule has 1 amide bonds. The number of carbonyl (C=O) groups is 2. The molecule has 0 aliphatic carbocycles. The van der Waals surface area contributed by atoms with Crippen molar-refractivity contribution in [2.75, 3.05) is 12.4 Å². The van der Waals surface area contributed by atoms with Gasteiger partial charge in [0.05, 0.1) is 12.7 Å². The molecule has 0 saturated heterocycles. The van der Waals surface area contributed by atoms with E-state index in [1.54, 1.807) is 30.3 Å². The van der Waals surface area contributed by atoms with Crippen LogP contribution < -0.4 is 10.1 Å². The van der Waals surface area contributed by atoms with Gasteiger partial charge in [-0.05, 0) is 56.2 Å². The normalized spacial score (nSPS) is 10.2. The molecule has 0 atom stereocenters. The molecular weight excluding hydrogens is 278 g/mol. The molecule has 0 aliphatic rings. The molecule has 114 valence electrons. The Hall–Kier alpha value is -2.62. The zero-order chi connectivity index (χ0) is 16.3. The van der Waals surface area contributed by atoms with Gasteiger partial charge in [0.1, 0.15) is 5.75 Å². The second-order valence-corrected chi connectivity index (χ2v) is 5.23. The first-order valence-corrected chi connectivity index (χ1v) is 7.00. The fourth-order valence-electron chi connectivity index (χ4n) is 2.15. The van der Waals surface area contributed by atoms with Crippen LogP contribution in [0.15, 0.2) is 36.4 Å². The number of amides is 1. The Morgan fingerprint density at radius 3 is 2.36 bits per heavy atom. The van der Waals surface area contributed by atoms with Gasteiger partial charge in [0.25, 0.3) is 5.91 Å². The van der Waals surface area contributed by atoms with Gasteiger partial charge < -0.3 is 10.1 Å². The van der Waals surface area contributed by atoms with Crippen LogP contribution in [0.2, 0.25) is 0 Å². The summed E-state index contributed by atoms with van der Waals surface area (Å²) < 4.78 is 5.29. The van der Waals surface area contributed by atoms with Crippen LogP contribution in [0.3, 0.4) is 0 Å². The molecular formula is C18H19NO3. The average Bonchev–Trinajstić information content (AvgIpc) is 2.49. The Morgan fingerprint density at radius 2 is 1.73 bits per heavy atom. The maximum absolute atomic E-state index is 12.5. The van der Waals surface area contributed by atoms with Gasteiger partial charge in [-0.3, -0.25) is 9.59 Å². The van der Waals surface area contributed by atoms with Crippen LogP contribution >= 0.6 is 0 Å². The average molecular weight is 297 g/mol. The summed E-state index contributed by atoms with van der Waals surface area (Å²) in [4.78, 5) is 23.9. The van der Waals surface area contributed by atoms with Crippen LogP contribution in [0.25, 0.3) is 0 Å². The first-order chi connectivity index (χ1) is 10.4. The molecule has 0 bridgehead atoms. The third kappa shape index (κ3) is 3.34. The molecule has 0 aromatic heterocycles. The monoisotopic (exact) mass is 297 g/mol. The number of anilines is 1. The van der Waals surface area contributed by atoms with Crippen molar-refractivity contribution in [2.24, 2.45) is 0 Å². The second-order valence-electron chi connectivity index (χ2n) is 5.23. The van der Waals surface area contributed by atoms with Crippen molar-refractivity contribution in [3.8, 4) is 5.75 Å². The fourth-order valence-corrected chi connectivity index (χ4v) is 2.15. The van der Waals surface area contributed by atoms with Gasteiger partial charge in [0.2, 0.25) is 0 Å². The molecule has 22 heavy (non-hydrogen) atoms. The predicted octanol–water partition coefficient (Wildman–Crippen LogP) is 3.77. The van der Waals surface area contributed by atoms with E-state index >= 15 is 0 Å². The highest BCUT2D eigenvalue weighted by atomic mass is 16.5. The van der Waals surface area contributed by atoms with Crippen molar-refractivity contribution >= 4 is 17.4 Å². The molecule has 4 heteroatoms. The molecule has 0 fully saturated rings. The Kier molecular flexibility index (Phi) is 4.61. The van der Waals surface area contributed by atoms with Gasteiger partial charge in [-0.25, -0.2) is 0 Å². The van der Waals surface area contributed by atoms with Crippen LogP contribution in [-0.2, 0) is 0 Å². The zero-order valence-corrected chi connectivity index (χ0v) is 13.2. The summed E-state index contributed by atoms with van der Waals surface area (Å²) >= 11 is 0. The SMILES string of the molecule is COc1cc(C)c(C)cc1C(=O)Nc1cccc(C(C)=O)c1. The first-order valence-electron chi connectivity index (χ1n) is 7.00.